The molecule has 0 aliphatic carbocycles. The zero-order valence-electron chi connectivity index (χ0n) is 14.3. The van der Waals surface area contributed by atoms with E-state index >= 15 is 0 Å². The lowest BCUT2D eigenvalue weighted by atomic mass is 9.95. The molecule has 2 unspecified atom stereocenters. The van der Waals surface area contributed by atoms with E-state index in [0.717, 1.165) is 24.2 Å². The molecule has 1 aliphatic heterocycles. The molecule has 0 aromatic heterocycles. The van der Waals surface area contributed by atoms with Crippen LogP contribution in [0.5, 0.6) is 5.75 Å². The maximum absolute atomic E-state index is 12.4. The highest BCUT2D eigenvalue weighted by atomic mass is 16.5. The average molecular weight is 318 g/mol. The molecule has 0 radical (unpaired) electrons. The Kier molecular flexibility index (Phi) is 5.29. The smallest absolute Gasteiger partial charge is 0.242 e. The number of carbonyl (C=O) groups excluding carboxylic acids is 2. The van der Waals surface area contributed by atoms with Crippen molar-refractivity contribution in [3.05, 3.63) is 29.8 Å². The van der Waals surface area contributed by atoms with Crippen LogP contribution in [0.3, 0.4) is 0 Å². The van der Waals surface area contributed by atoms with Crippen molar-refractivity contribution in [2.45, 2.75) is 52.6 Å². The molecule has 2 amide bonds. The third kappa shape index (κ3) is 4.47. The van der Waals surface area contributed by atoms with Gasteiger partial charge in [0.2, 0.25) is 11.8 Å². The lowest BCUT2D eigenvalue weighted by Crippen LogP contribution is -2.48. The zero-order valence-corrected chi connectivity index (χ0v) is 14.3. The Balaban J connectivity index is 2.04. The van der Waals surface area contributed by atoms with Gasteiger partial charge in [0.25, 0.3) is 0 Å². The van der Waals surface area contributed by atoms with Crippen LogP contribution in [0.25, 0.3) is 0 Å². The van der Waals surface area contributed by atoms with E-state index in [1.165, 1.54) is 0 Å². The molecule has 2 N–H and O–H groups in total. The third-order valence-corrected chi connectivity index (χ3v) is 3.93. The quantitative estimate of drug-likeness (QED) is 0.900. The second-order valence-electron chi connectivity index (χ2n) is 7.03. The summed E-state index contributed by atoms with van der Waals surface area (Å²) in [5.74, 6) is 0.510. The van der Waals surface area contributed by atoms with E-state index < -0.39 is 11.5 Å². The van der Waals surface area contributed by atoms with E-state index in [2.05, 4.69) is 10.6 Å². The summed E-state index contributed by atoms with van der Waals surface area (Å²) in [6.07, 6.45) is 1.70. The van der Waals surface area contributed by atoms with E-state index in [-0.39, 0.29) is 17.9 Å². The Hall–Kier alpha value is -2.04. The number of nitrogens with one attached hydrogen (secondary N) is 2. The summed E-state index contributed by atoms with van der Waals surface area (Å²) in [6, 6.07) is 7.11. The number of para-hydroxylation sites is 1. The van der Waals surface area contributed by atoms with Crippen LogP contribution in [-0.2, 0) is 9.59 Å². The molecular formula is C18H26N2O3. The van der Waals surface area contributed by atoms with Crippen molar-refractivity contribution in [1.29, 1.82) is 0 Å². The Morgan fingerprint density at radius 2 is 1.96 bits per heavy atom. The summed E-state index contributed by atoms with van der Waals surface area (Å²) in [4.78, 5) is 24.4. The van der Waals surface area contributed by atoms with E-state index in [1.807, 2.05) is 45.0 Å². The predicted octanol–water partition coefficient (Wildman–Crippen LogP) is 2.57. The lowest BCUT2D eigenvalue weighted by Gasteiger charge is -2.24. The first-order chi connectivity index (χ1) is 10.8. The van der Waals surface area contributed by atoms with Gasteiger partial charge in [0, 0.05) is 11.0 Å². The molecule has 23 heavy (non-hydrogen) atoms. The van der Waals surface area contributed by atoms with Gasteiger partial charge in [-0.15, -0.1) is 0 Å². The molecule has 0 bridgehead atoms. The highest BCUT2D eigenvalue weighted by Gasteiger charge is 2.27. The second-order valence-corrected chi connectivity index (χ2v) is 7.03. The first kappa shape index (κ1) is 17.3. The minimum atomic E-state index is -0.571. The van der Waals surface area contributed by atoms with Gasteiger partial charge in [0.15, 0.2) is 0 Å². The molecule has 0 fully saturated rings. The van der Waals surface area contributed by atoms with Gasteiger partial charge in [-0.25, -0.2) is 0 Å². The molecule has 0 spiro atoms. The molecule has 1 heterocycles. The van der Waals surface area contributed by atoms with Crippen LogP contribution in [0.4, 0.5) is 0 Å². The summed E-state index contributed by atoms with van der Waals surface area (Å²) in [7, 11) is 0. The molecule has 2 atom stereocenters. The molecular weight excluding hydrogens is 292 g/mol. The van der Waals surface area contributed by atoms with Crippen LogP contribution in [0.15, 0.2) is 24.3 Å². The fraction of sp³-hybridized carbons (Fsp3) is 0.556. The molecule has 1 aromatic rings. The standard InChI is InChI=1S/C18H26N2O3/c1-12(19-17(22)18(2,3)4)16(21)20-14-9-7-11-23-15-10-6-5-8-13(14)15/h5-6,8,10,12,14H,7,9,11H2,1-4H3,(H,19,22)(H,20,21). The normalized spacial score (nSPS) is 18.9. The number of hydrogen-bond donors (Lipinski definition) is 2. The first-order valence-corrected chi connectivity index (χ1v) is 8.12. The summed E-state index contributed by atoms with van der Waals surface area (Å²) in [5, 5.41) is 5.80. The number of ether oxygens (including phenoxy) is 1. The van der Waals surface area contributed by atoms with Crippen molar-refractivity contribution in [3.8, 4) is 5.75 Å². The maximum Gasteiger partial charge on any atom is 0.242 e. The zero-order chi connectivity index (χ0) is 17.0. The Morgan fingerprint density at radius 3 is 2.65 bits per heavy atom. The van der Waals surface area contributed by atoms with Gasteiger partial charge in [-0.2, -0.15) is 0 Å². The van der Waals surface area contributed by atoms with Gasteiger partial charge in [0.1, 0.15) is 11.8 Å². The SMILES string of the molecule is CC(NC(=O)C(C)(C)C)C(=O)NC1CCCOc2ccccc21. The van der Waals surface area contributed by atoms with Crippen LogP contribution in [0, 0.1) is 5.41 Å². The van der Waals surface area contributed by atoms with Gasteiger partial charge in [-0.3, -0.25) is 9.59 Å². The Morgan fingerprint density at radius 1 is 1.26 bits per heavy atom. The molecule has 1 aliphatic rings. The molecule has 5 nitrogen and oxygen atoms in total. The summed E-state index contributed by atoms with van der Waals surface area (Å²) in [6.45, 7) is 7.83. The number of fused-ring (bicyclic) bond motifs is 1. The number of rotatable bonds is 3. The summed E-state index contributed by atoms with van der Waals surface area (Å²) < 4.78 is 5.71. The molecule has 5 heteroatoms. The highest BCUT2D eigenvalue weighted by Crippen LogP contribution is 2.31. The van der Waals surface area contributed by atoms with Crippen LogP contribution in [0.2, 0.25) is 0 Å². The van der Waals surface area contributed by atoms with Crippen molar-refractivity contribution in [3.63, 3.8) is 0 Å². The molecule has 2 rings (SSSR count). The first-order valence-electron chi connectivity index (χ1n) is 8.12. The fourth-order valence-corrected chi connectivity index (χ4v) is 2.45. The van der Waals surface area contributed by atoms with Crippen LogP contribution in [0.1, 0.15) is 52.1 Å². The number of benzene rings is 1. The average Bonchev–Trinajstić information content (AvgIpc) is 2.69. The monoisotopic (exact) mass is 318 g/mol. The fourth-order valence-electron chi connectivity index (χ4n) is 2.45. The van der Waals surface area contributed by atoms with Gasteiger partial charge in [-0.05, 0) is 25.8 Å². The van der Waals surface area contributed by atoms with Crippen molar-refractivity contribution < 1.29 is 14.3 Å². The van der Waals surface area contributed by atoms with Crippen molar-refractivity contribution >= 4 is 11.8 Å². The summed E-state index contributed by atoms with van der Waals surface area (Å²) in [5.41, 5.74) is 0.477. The van der Waals surface area contributed by atoms with Gasteiger partial charge >= 0.3 is 0 Å². The molecule has 126 valence electrons. The Labute approximate surface area is 137 Å². The summed E-state index contributed by atoms with van der Waals surface area (Å²) >= 11 is 0. The van der Waals surface area contributed by atoms with E-state index in [9.17, 15) is 9.59 Å². The molecule has 1 aromatic carbocycles. The van der Waals surface area contributed by atoms with Crippen molar-refractivity contribution in [2.75, 3.05) is 6.61 Å². The van der Waals surface area contributed by atoms with Crippen LogP contribution in [-0.4, -0.2) is 24.5 Å². The van der Waals surface area contributed by atoms with E-state index in [1.54, 1.807) is 6.92 Å². The van der Waals surface area contributed by atoms with Crippen molar-refractivity contribution in [1.82, 2.24) is 10.6 Å². The topological polar surface area (TPSA) is 67.4 Å². The van der Waals surface area contributed by atoms with Crippen LogP contribution < -0.4 is 15.4 Å². The second kappa shape index (κ2) is 7.02. The largest absolute Gasteiger partial charge is 0.493 e. The Bertz CT molecular complexity index is 578. The minimum Gasteiger partial charge on any atom is -0.493 e. The molecule has 0 saturated carbocycles. The van der Waals surface area contributed by atoms with Gasteiger partial charge in [-0.1, -0.05) is 39.0 Å². The van der Waals surface area contributed by atoms with E-state index in [0.29, 0.717) is 6.61 Å². The van der Waals surface area contributed by atoms with Gasteiger partial charge < -0.3 is 15.4 Å². The van der Waals surface area contributed by atoms with Crippen LogP contribution >= 0.6 is 0 Å². The minimum absolute atomic E-state index is 0.0878. The third-order valence-electron chi connectivity index (χ3n) is 3.93. The number of carbonyl (C=O) groups is 2. The molecule has 0 saturated heterocycles. The number of hydrogen-bond acceptors (Lipinski definition) is 3. The van der Waals surface area contributed by atoms with E-state index in [4.69, 9.17) is 4.74 Å². The predicted molar refractivity (Wildman–Crippen MR) is 89.1 cm³/mol. The highest BCUT2D eigenvalue weighted by molar-refractivity contribution is 5.89. The lowest BCUT2D eigenvalue weighted by molar-refractivity contribution is -0.133. The van der Waals surface area contributed by atoms with Crippen molar-refractivity contribution in [2.24, 2.45) is 5.41 Å². The van der Waals surface area contributed by atoms with Gasteiger partial charge in [0.05, 0.1) is 12.6 Å². The maximum atomic E-state index is 12.4. The number of amides is 2.